The molecule has 1 aliphatic carbocycles. The molecule has 0 bridgehead atoms. The Morgan fingerprint density at radius 1 is 1.47 bits per heavy atom. The minimum absolute atomic E-state index is 0.148. The first-order valence-electron chi connectivity index (χ1n) is 7.22. The maximum Gasteiger partial charge on any atom is 0.273 e. The highest BCUT2D eigenvalue weighted by atomic mass is 16.3. The molecular weight excluding hydrogens is 242 g/mol. The van der Waals surface area contributed by atoms with Crippen molar-refractivity contribution in [1.29, 1.82) is 0 Å². The fraction of sp³-hybridized carbons (Fsp3) is 0.714. The van der Waals surface area contributed by atoms with Crippen LogP contribution >= 0.6 is 0 Å². The van der Waals surface area contributed by atoms with Crippen LogP contribution in [0.1, 0.15) is 74.3 Å². The zero-order valence-corrected chi connectivity index (χ0v) is 11.5. The highest BCUT2D eigenvalue weighted by molar-refractivity contribution is 5.92. The molecule has 3 N–H and O–H groups in total. The lowest BCUT2D eigenvalue weighted by atomic mass is 10.1. The highest BCUT2D eigenvalue weighted by Crippen LogP contribution is 2.18. The average molecular weight is 265 g/mol. The molecule has 1 saturated carbocycles. The molecule has 1 fully saturated rings. The van der Waals surface area contributed by atoms with Crippen molar-refractivity contribution in [2.24, 2.45) is 5.73 Å². The number of rotatable bonds is 4. The van der Waals surface area contributed by atoms with Gasteiger partial charge in [-0.3, -0.25) is 4.79 Å². The Morgan fingerprint density at radius 2 is 2.16 bits per heavy atom. The predicted molar refractivity (Wildman–Crippen MR) is 72.7 cm³/mol. The molecule has 1 unspecified atom stereocenters. The molecule has 1 amide bonds. The van der Waals surface area contributed by atoms with Gasteiger partial charge in [-0.1, -0.05) is 32.6 Å². The molecular formula is C14H23N3O2. The summed E-state index contributed by atoms with van der Waals surface area (Å²) < 4.78 is 5.26. The number of nitrogens with one attached hydrogen (secondary N) is 1. The van der Waals surface area contributed by atoms with E-state index in [9.17, 15) is 4.79 Å². The Hall–Kier alpha value is -1.36. The normalized spacial score (nSPS) is 18.8. The summed E-state index contributed by atoms with van der Waals surface area (Å²) in [5.41, 5.74) is 6.16. The third kappa shape index (κ3) is 3.80. The number of oxazole rings is 1. The van der Waals surface area contributed by atoms with Crippen LogP contribution in [-0.2, 0) is 0 Å². The van der Waals surface area contributed by atoms with Crippen molar-refractivity contribution >= 4 is 5.91 Å². The van der Waals surface area contributed by atoms with E-state index in [-0.39, 0.29) is 18.0 Å². The molecule has 5 heteroatoms. The molecule has 1 aliphatic rings. The van der Waals surface area contributed by atoms with E-state index < -0.39 is 0 Å². The smallest absolute Gasteiger partial charge is 0.273 e. The molecule has 5 nitrogen and oxygen atoms in total. The molecule has 0 radical (unpaired) electrons. The summed E-state index contributed by atoms with van der Waals surface area (Å²) in [7, 11) is 0. The van der Waals surface area contributed by atoms with Gasteiger partial charge in [-0.05, 0) is 19.3 Å². The van der Waals surface area contributed by atoms with E-state index in [0.29, 0.717) is 11.6 Å². The number of aromatic nitrogens is 1. The van der Waals surface area contributed by atoms with Gasteiger partial charge in [0.05, 0.1) is 6.04 Å². The van der Waals surface area contributed by atoms with E-state index in [1.807, 2.05) is 6.92 Å². The summed E-state index contributed by atoms with van der Waals surface area (Å²) in [6.07, 6.45) is 9.18. The number of amides is 1. The van der Waals surface area contributed by atoms with Crippen molar-refractivity contribution in [3.8, 4) is 0 Å². The van der Waals surface area contributed by atoms with Gasteiger partial charge in [-0.2, -0.15) is 0 Å². The molecule has 1 aromatic rings. The molecule has 0 aliphatic heterocycles. The van der Waals surface area contributed by atoms with E-state index in [2.05, 4.69) is 10.3 Å². The summed E-state index contributed by atoms with van der Waals surface area (Å²) >= 11 is 0. The Balaban J connectivity index is 1.93. The fourth-order valence-corrected chi connectivity index (χ4v) is 2.42. The Bertz CT molecular complexity index is 409. The summed E-state index contributed by atoms with van der Waals surface area (Å²) in [5.74, 6) is 0.290. The highest BCUT2D eigenvalue weighted by Gasteiger charge is 2.19. The lowest BCUT2D eigenvalue weighted by molar-refractivity contribution is 0.0928. The second kappa shape index (κ2) is 6.70. The summed E-state index contributed by atoms with van der Waals surface area (Å²) in [6.45, 7) is 1.96. The Labute approximate surface area is 114 Å². The lowest BCUT2D eigenvalue weighted by Gasteiger charge is -2.14. The molecule has 1 atom stereocenters. The van der Waals surface area contributed by atoms with Gasteiger partial charge >= 0.3 is 0 Å². The van der Waals surface area contributed by atoms with Crippen LogP contribution in [0.15, 0.2) is 10.7 Å². The number of hydrogen-bond acceptors (Lipinski definition) is 4. The van der Waals surface area contributed by atoms with E-state index in [1.54, 1.807) is 0 Å². The number of carbonyl (C=O) groups is 1. The van der Waals surface area contributed by atoms with Crippen LogP contribution in [0.5, 0.6) is 0 Å². The molecule has 1 heterocycles. The number of carbonyl (C=O) groups excluding carboxylic acids is 1. The van der Waals surface area contributed by atoms with Crippen molar-refractivity contribution in [3.05, 3.63) is 17.8 Å². The Morgan fingerprint density at radius 3 is 2.79 bits per heavy atom. The topological polar surface area (TPSA) is 81.1 Å². The third-order valence-electron chi connectivity index (χ3n) is 3.70. The zero-order valence-electron chi connectivity index (χ0n) is 11.5. The van der Waals surface area contributed by atoms with Crippen molar-refractivity contribution in [2.45, 2.75) is 64.0 Å². The maximum atomic E-state index is 12.1. The standard InChI is InChI=1S/C14H23N3O2/c1-2-11(15)14-17-12(9-19-14)13(18)16-10-7-5-3-4-6-8-10/h9-11H,2-8,15H2,1H3,(H,16,18). The van der Waals surface area contributed by atoms with Gasteiger partial charge in [0.15, 0.2) is 5.69 Å². The van der Waals surface area contributed by atoms with Gasteiger partial charge in [0, 0.05) is 6.04 Å². The first-order valence-corrected chi connectivity index (χ1v) is 7.22. The Kier molecular flexibility index (Phi) is 4.96. The van der Waals surface area contributed by atoms with Gasteiger partial charge in [0.2, 0.25) is 5.89 Å². The second-order valence-electron chi connectivity index (χ2n) is 5.25. The average Bonchev–Trinajstić information content (AvgIpc) is 2.78. The summed E-state index contributed by atoms with van der Waals surface area (Å²) in [6, 6.07) is 0.0365. The summed E-state index contributed by atoms with van der Waals surface area (Å²) in [5, 5.41) is 3.04. The van der Waals surface area contributed by atoms with Gasteiger partial charge in [0.25, 0.3) is 5.91 Å². The lowest BCUT2D eigenvalue weighted by Crippen LogP contribution is -2.34. The molecule has 0 saturated heterocycles. The van der Waals surface area contributed by atoms with Crippen LogP contribution in [-0.4, -0.2) is 16.9 Å². The van der Waals surface area contributed by atoms with Crippen LogP contribution in [0, 0.1) is 0 Å². The van der Waals surface area contributed by atoms with E-state index >= 15 is 0 Å². The largest absolute Gasteiger partial charge is 0.446 e. The predicted octanol–water partition coefficient (Wildman–Crippen LogP) is 2.54. The molecule has 0 spiro atoms. The third-order valence-corrected chi connectivity index (χ3v) is 3.70. The van der Waals surface area contributed by atoms with Crippen molar-refractivity contribution in [2.75, 3.05) is 0 Å². The second-order valence-corrected chi connectivity index (χ2v) is 5.25. The van der Waals surface area contributed by atoms with Crippen LogP contribution in [0.2, 0.25) is 0 Å². The maximum absolute atomic E-state index is 12.1. The van der Waals surface area contributed by atoms with Crippen molar-refractivity contribution in [3.63, 3.8) is 0 Å². The van der Waals surface area contributed by atoms with Crippen LogP contribution in [0.3, 0.4) is 0 Å². The van der Waals surface area contributed by atoms with Gasteiger partial charge < -0.3 is 15.5 Å². The van der Waals surface area contributed by atoms with Gasteiger partial charge in [-0.15, -0.1) is 0 Å². The number of nitrogens with two attached hydrogens (primary N) is 1. The summed E-state index contributed by atoms with van der Waals surface area (Å²) in [4.78, 5) is 16.2. The molecule has 1 aromatic heterocycles. The van der Waals surface area contributed by atoms with E-state index in [0.717, 1.165) is 19.3 Å². The van der Waals surface area contributed by atoms with Gasteiger partial charge in [-0.25, -0.2) is 4.98 Å². The molecule has 106 valence electrons. The molecule has 0 aromatic carbocycles. The van der Waals surface area contributed by atoms with E-state index in [1.165, 1.54) is 31.9 Å². The zero-order chi connectivity index (χ0) is 13.7. The van der Waals surface area contributed by atoms with Gasteiger partial charge in [0.1, 0.15) is 6.26 Å². The number of hydrogen-bond donors (Lipinski definition) is 2. The van der Waals surface area contributed by atoms with E-state index in [4.69, 9.17) is 10.2 Å². The number of nitrogens with zero attached hydrogens (tertiary/aromatic N) is 1. The monoisotopic (exact) mass is 265 g/mol. The molecule has 2 rings (SSSR count). The van der Waals surface area contributed by atoms with Crippen LogP contribution < -0.4 is 11.1 Å². The SMILES string of the molecule is CCC(N)c1nc(C(=O)NC2CCCCCC2)co1. The first-order chi connectivity index (χ1) is 9.20. The van der Waals surface area contributed by atoms with Crippen LogP contribution in [0.25, 0.3) is 0 Å². The van der Waals surface area contributed by atoms with Crippen LogP contribution in [0.4, 0.5) is 0 Å². The molecule has 19 heavy (non-hydrogen) atoms. The van der Waals surface area contributed by atoms with Crippen molar-refractivity contribution in [1.82, 2.24) is 10.3 Å². The van der Waals surface area contributed by atoms with Crippen molar-refractivity contribution < 1.29 is 9.21 Å². The minimum Gasteiger partial charge on any atom is -0.446 e. The first kappa shape index (κ1) is 14.1. The fourth-order valence-electron chi connectivity index (χ4n) is 2.42. The quantitative estimate of drug-likeness (QED) is 0.820. The minimum atomic E-state index is -0.237.